The first-order chi connectivity index (χ1) is 8.58. The number of rotatable bonds is 2. The van der Waals surface area contributed by atoms with Gasteiger partial charge in [0.05, 0.1) is 11.3 Å². The highest BCUT2D eigenvalue weighted by molar-refractivity contribution is 14.1. The summed E-state index contributed by atoms with van der Waals surface area (Å²) in [5, 5.41) is 2.54. The molecule has 2 nitrogen and oxygen atoms in total. The average molecular weight is 359 g/mol. The van der Waals surface area contributed by atoms with E-state index in [1.165, 1.54) is 0 Å². The third kappa shape index (κ3) is 2.84. The van der Waals surface area contributed by atoms with E-state index in [1.54, 1.807) is 18.2 Å². The Balaban J connectivity index is 2.28. The number of para-hydroxylation sites is 1. The maximum atomic E-state index is 13.4. The van der Waals surface area contributed by atoms with E-state index in [0.717, 1.165) is 21.8 Å². The molecule has 2 aromatic rings. The van der Waals surface area contributed by atoms with E-state index in [-0.39, 0.29) is 5.56 Å². The number of benzene rings is 2. The summed E-state index contributed by atoms with van der Waals surface area (Å²) in [4.78, 5) is 11.8. The molecule has 0 bridgehead atoms. The lowest BCUT2D eigenvalue weighted by Gasteiger charge is -2.07. The molecule has 0 radical (unpaired) electrons. The van der Waals surface area contributed by atoms with E-state index in [2.05, 4.69) is 5.32 Å². The lowest BCUT2D eigenvalue weighted by atomic mass is 10.2. The fourth-order valence-electron chi connectivity index (χ4n) is 1.42. The van der Waals surface area contributed by atoms with E-state index >= 15 is 0 Å². The molecule has 0 saturated heterocycles. The molecule has 0 aliphatic carbocycles. The summed E-state index contributed by atoms with van der Waals surface area (Å²) in [6.45, 7) is 0. The van der Waals surface area contributed by atoms with Crippen LogP contribution in [0.5, 0.6) is 0 Å². The van der Waals surface area contributed by atoms with Crippen LogP contribution < -0.4 is 5.32 Å². The normalized spacial score (nSPS) is 10.2. The molecule has 5 heteroatoms. The van der Waals surface area contributed by atoms with Crippen molar-refractivity contribution in [1.82, 2.24) is 0 Å². The van der Waals surface area contributed by atoms with Gasteiger partial charge in [-0.05, 0) is 52.9 Å². The second kappa shape index (κ2) is 5.43. The van der Waals surface area contributed by atoms with Crippen molar-refractivity contribution in [2.24, 2.45) is 0 Å². The second-order valence-corrected chi connectivity index (χ2v) is 4.72. The van der Waals surface area contributed by atoms with Crippen LogP contribution in [0.15, 0.2) is 42.5 Å². The maximum absolute atomic E-state index is 13.4. The van der Waals surface area contributed by atoms with Gasteiger partial charge in [-0.25, -0.2) is 8.78 Å². The largest absolute Gasteiger partial charge is 0.321 e. The van der Waals surface area contributed by atoms with Crippen molar-refractivity contribution in [1.29, 1.82) is 0 Å². The standard InChI is InChI=1S/C13H8F2INO/c14-8-5-6-10(15)9(7-8)13(18)17-12-4-2-1-3-11(12)16/h1-7H,(H,17,18). The number of nitrogens with one attached hydrogen (secondary N) is 1. The summed E-state index contributed by atoms with van der Waals surface area (Å²) < 4.78 is 27.2. The summed E-state index contributed by atoms with van der Waals surface area (Å²) in [5.41, 5.74) is 0.251. The van der Waals surface area contributed by atoms with Gasteiger partial charge >= 0.3 is 0 Å². The summed E-state index contributed by atoms with van der Waals surface area (Å²) in [7, 11) is 0. The van der Waals surface area contributed by atoms with Gasteiger partial charge in [0.25, 0.3) is 5.91 Å². The highest BCUT2D eigenvalue weighted by atomic mass is 127. The minimum atomic E-state index is -0.750. The van der Waals surface area contributed by atoms with Gasteiger partial charge in [-0.2, -0.15) is 0 Å². The molecule has 0 spiro atoms. The van der Waals surface area contributed by atoms with Crippen molar-refractivity contribution in [3.05, 3.63) is 63.2 Å². The average Bonchev–Trinajstić information content (AvgIpc) is 2.35. The number of anilines is 1. The Labute approximate surface area is 116 Å². The van der Waals surface area contributed by atoms with Gasteiger partial charge in [0.1, 0.15) is 11.6 Å². The van der Waals surface area contributed by atoms with Crippen LogP contribution in [0, 0.1) is 15.2 Å². The van der Waals surface area contributed by atoms with Crippen LogP contribution in [-0.2, 0) is 0 Å². The summed E-state index contributed by atoms with van der Waals surface area (Å²) in [6, 6.07) is 9.84. The van der Waals surface area contributed by atoms with Crippen molar-refractivity contribution in [3.63, 3.8) is 0 Å². The summed E-state index contributed by atoms with van der Waals surface area (Å²) >= 11 is 2.05. The molecule has 0 aromatic heterocycles. The van der Waals surface area contributed by atoms with E-state index in [9.17, 15) is 13.6 Å². The lowest BCUT2D eigenvalue weighted by Crippen LogP contribution is -2.14. The predicted molar refractivity (Wildman–Crippen MR) is 73.5 cm³/mol. The number of amides is 1. The van der Waals surface area contributed by atoms with Crippen molar-refractivity contribution >= 4 is 34.2 Å². The molecular weight excluding hydrogens is 351 g/mol. The minimum Gasteiger partial charge on any atom is -0.321 e. The fraction of sp³-hybridized carbons (Fsp3) is 0. The molecule has 92 valence electrons. The zero-order valence-corrected chi connectivity index (χ0v) is 11.2. The molecule has 1 amide bonds. The van der Waals surface area contributed by atoms with Crippen molar-refractivity contribution in [3.8, 4) is 0 Å². The van der Waals surface area contributed by atoms with E-state index in [4.69, 9.17) is 0 Å². The summed E-state index contributed by atoms with van der Waals surface area (Å²) in [6.07, 6.45) is 0. The Kier molecular flexibility index (Phi) is 3.90. The van der Waals surface area contributed by atoms with E-state index < -0.39 is 17.5 Å². The minimum absolute atomic E-state index is 0.311. The number of hydrogen-bond donors (Lipinski definition) is 1. The second-order valence-electron chi connectivity index (χ2n) is 3.56. The van der Waals surface area contributed by atoms with Crippen molar-refractivity contribution in [2.75, 3.05) is 5.32 Å². The first kappa shape index (κ1) is 12.9. The monoisotopic (exact) mass is 359 g/mol. The zero-order chi connectivity index (χ0) is 13.1. The topological polar surface area (TPSA) is 29.1 Å². The van der Waals surface area contributed by atoms with E-state index in [0.29, 0.717) is 5.69 Å². The van der Waals surface area contributed by atoms with Crippen LogP contribution in [0.4, 0.5) is 14.5 Å². The molecule has 1 N–H and O–H groups in total. The quantitative estimate of drug-likeness (QED) is 0.812. The van der Waals surface area contributed by atoms with Gasteiger partial charge in [0.15, 0.2) is 0 Å². The van der Waals surface area contributed by atoms with Gasteiger partial charge in [0.2, 0.25) is 0 Å². The number of carbonyl (C=O) groups excluding carboxylic acids is 1. The van der Waals surface area contributed by atoms with Gasteiger partial charge in [-0.1, -0.05) is 12.1 Å². The Morgan fingerprint density at radius 1 is 1.11 bits per heavy atom. The molecule has 0 unspecified atom stereocenters. The molecule has 0 aliphatic heterocycles. The van der Waals surface area contributed by atoms with Crippen molar-refractivity contribution in [2.45, 2.75) is 0 Å². The molecule has 0 atom stereocenters. The fourth-order valence-corrected chi connectivity index (χ4v) is 1.95. The molecule has 0 aliphatic rings. The number of carbonyl (C=O) groups is 1. The van der Waals surface area contributed by atoms with Gasteiger partial charge in [-0.15, -0.1) is 0 Å². The third-order valence-corrected chi connectivity index (χ3v) is 3.24. The number of halogens is 3. The molecule has 0 saturated carbocycles. The summed E-state index contributed by atoms with van der Waals surface area (Å²) in [5.74, 6) is -2.07. The predicted octanol–water partition coefficient (Wildman–Crippen LogP) is 3.82. The van der Waals surface area contributed by atoms with E-state index in [1.807, 2.05) is 28.7 Å². The lowest BCUT2D eigenvalue weighted by molar-refractivity contribution is 0.102. The molecule has 2 aromatic carbocycles. The molecule has 0 fully saturated rings. The van der Waals surface area contributed by atoms with Crippen LogP contribution in [-0.4, -0.2) is 5.91 Å². The van der Waals surface area contributed by atoms with Crippen LogP contribution >= 0.6 is 22.6 Å². The Bertz CT molecular complexity index is 601. The van der Waals surface area contributed by atoms with Crippen molar-refractivity contribution < 1.29 is 13.6 Å². The highest BCUT2D eigenvalue weighted by Crippen LogP contribution is 2.19. The molecule has 0 heterocycles. The zero-order valence-electron chi connectivity index (χ0n) is 9.08. The smallest absolute Gasteiger partial charge is 0.258 e. The number of hydrogen-bond acceptors (Lipinski definition) is 1. The van der Waals surface area contributed by atoms with Crippen LogP contribution in [0.3, 0.4) is 0 Å². The van der Waals surface area contributed by atoms with Crippen LogP contribution in [0.2, 0.25) is 0 Å². The maximum Gasteiger partial charge on any atom is 0.258 e. The first-order valence-corrected chi connectivity index (χ1v) is 6.17. The molecule has 2 rings (SSSR count). The third-order valence-electron chi connectivity index (χ3n) is 2.30. The van der Waals surface area contributed by atoms with Gasteiger partial charge in [0, 0.05) is 3.57 Å². The van der Waals surface area contributed by atoms with Crippen LogP contribution in [0.25, 0.3) is 0 Å². The first-order valence-electron chi connectivity index (χ1n) is 5.09. The Hall–Kier alpha value is -1.50. The SMILES string of the molecule is O=C(Nc1ccccc1I)c1cc(F)ccc1F. The highest BCUT2D eigenvalue weighted by Gasteiger charge is 2.13. The molecular formula is C13H8F2INO. The Morgan fingerprint density at radius 2 is 1.83 bits per heavy atom. The molecule has 18 heavy (non-hydrogen) atoms. The van der Waals surface area contributed by atoms with Crippen LogP contribution in [0.1, 0.15) is 10.4 Å². The Morgan fingerprint density at radius 3 is 2.56 bits per heavy atom. The van der Waals surface area contributed by atoms with Gasteiger partial charge < -0.3 is 5.32 Å². The van der Waals surface area contributed by atoms with Gasteiger partial charge in [-0.3, -0.25) is 4.79 Å².